The Balaban J connectivity index is 1.68. The number of ether oxygens (including phenoxy) is 2. The van der Waals surface area contributed by atoms with Crippen molar-refractivity contribution in [3.63, 3.8) is 0 Å². The van der Waals surface area contributed by atoms with Gasteiger partial charge in [-0.25, -0.2) is 4.98 Å². The Morgan fingerprint density at radius 3 is 2.59 bits per heavy atom. The van der Waals surface area contributed by atoms with Crippen LogP contribution in [0.5, 0.6) is 11.5 Å². The molecule has 1 aromatic heterocycles. The third kappa shape index (κ3) is 3.84. The number of thiazole rings is 1. The van der Waals surface area contributed by atoms with Crippen LogP contribution in [0.3, 0.4) is 0 Å². The van der Waals surface area contributed by atoms with Crippen LogP contribution in [0.25, 0.3) is 10.2 Å². The summed E-state index contributed by atoms with van der Waals surface area (Å²) in [7, 11) is 4.01. The topological polar surface area (TPSA) is 99.2 Å². The summed E-state index contributed by atoms with van der Waals surface area (Å²) in [6.07, 6.45) is 0. The predicted molar refractivity (Wildman–Crippen MR) is 108 cm³/mol. The van der Waals surface area contributed by atoms with E-state index in [0.717, 1.165) is 16.8 Å². The van der Waals surface area contributed by atoms with Crippen molar-refractivity contribution < 1.29 is 24.1 Å². The van der Waals surface area contributed by atoms with Crippen LogP contribution in [0.4, 0.5) is 10.8 Å². The Morgan fingerprint density at radius 1 is 1.24 bits per heavy atom. The molecule has 0 aliphatic carbocycles. The molecule has 10 heteroatoms. The number of nitro groups is 1. The second kappa shape index (κ2) is 7.64. The number of aromatic nitrogens is 1. The van der Waals surface area contributed by atoms with Crippen molar-refractivity contribution in [2.45, 2.75) is 0 Å². The number of rotatable bonds is 6. The van der Waals surface area contributed by atoms with Crippen molar-refractivity contribution in [1.82, 2.24) is 4.98 Å². The summed E-state index contributed by atoms with van der Waals surface area (Å²) in [6, 6.07) is 9.29. The zero-order valence-electron chi connectivity index (χ0n) is 15.9. The quantitative estimate of drug-likeness (QED) is 0.486. The summed E-state index contributed by atoms with van der Waals surface area (Å²) < 4.78 is 11.7. The van der Waals surface area contributed by atoms with E-state index in [1.54, 1.807) is 4.90 Å². The van der Waals surface area contributed by atoms with Gasteiger partial charge >= 0.3 is 0 Å². The van der Waals surface area contributed by atoms with E-state index >= 15 is 0 Å². The minimum absolute atomic E-state index is 0.0552. The Bertz CT molecular complexity index is 1040. The minimum Gasteiger partial charge on any atom is -0.454 e. The van der Waals surface area contributed by atoms with E-state index in [1.807, 2.05) is 26.2 Å². The van der Waals surface area contributed by atoms with Crippen LogP contribution in [0.15, 0.2) is 36.4 Å². The number of likely N-dealkylation sites (N-methyl/N-ethyl adjacent to an activating group) is 1. The zero-order valence-corrected chi connectivity index (χ0v) is 16.7. The first kappa shape index (κ1) is 19.1. The molecule has 9 nitrogen and oxygen atoms in total. The van der Waals surface area contributed by atoms with E-state index in [9.17, 15) is 14.9 Å². The third-order valence-corrected chi connectivity index (χ3v) is 5.55. The Kier molecular flexibility index (Phi) is 5.03. The Hall–Kier alpha value is -3.24. The maximum Gasteiger partial charge on any atom is 0.269 e. The molecule has 1 aliphatic rings. The molecular formula is C19H19N4O5S+. The smallest absolute Gasteiger partial charge is 0.269 e. The van der Waals surface area contributed by atoms with Gasteiger partial charge in [0.15, 0.2) is 16.6 Å². The van der Waals surface area contributed by atoms with Gasteiger partial charge in [0, 0.05) is 29.8 Å². The van der Waals surface area contributed by atoms with E-state index in [4.69, 9.17) is 9.47 Å². The van der Waals surface area contributed by atoms with Crippen molar-refractivity contribution in [1.29, 1.82) is 0 Å². The van der Waals surface area contributed by atoms with Crippen molar-refractivity contribution in [3.8, 4) is 11.5 Å². The van der Waals surface area contributed by atoms with Crippen LogP contribution >= 0.6 is 11.3 Å². The molecule has 1 N–H and O–H groups in total. The standard InChI is InChI=1S/C19H18N4O5S/c1-21(2)7-8-22(18(24)12-3-5-13(6-4-12)23(25)26)19-20-14-9-15-16(28-11-27-15)10-17(14)29-19/h3-6,9-10H,7-8,11H2,1-2H3/p+1. The first-order valence-electron chi connectivity index (χ1n) is 8.98. The highest BCUT2D eigenvalue weighted by atomic mass is 32.1. The van der Waals surface area contributed by atoms with Crippen LogP contribution in [0.1, 0.15) is 10.4 Å². The number of anilines is 1. The number of fused-ring (bicyclic) bond motifs is 2. The second-order valence-electron chi connectivity index (χ2n) is 6.89. The lowest BCUT2D eigenvalue weighted by atomic mass is 10.2. The molecule has 1 amide bonds. The lowest BCUT2D eigenvalue weighted by Crippen LogP contribution is -3.06. The van der Waals surface area contributed by atoms with Crippen molar-refractivity contribution in [2.75, 3.05) is 38.9 Å². The largest absolute Gasteiger partial charge is 0.454 e. The number of nitrogens with zero attached hydrogens (tertiary/aromatic N) is 3. The summed E-state index contributed by atoms with van der Waals surface area (Å²) in [5.74, 6) is 1.05. The normalized spacial score (nSPS) is 12.5. The summed E-state index contributed by atoms with van der Waals surface area (Å²) in [6.45, 7) is 1.37. The van der Waals surface area contributed by atoms with Crippen molar-refractivity contribution in [3.05, 3.63) is 52.1 Å². The lowest BCUT2D eigenvalue weighted by Gasteiger charge is -2.20. The number of hydrogen-bond donors (Lipinski definition) is 1. The van der Waals surface area contributed by atoms with Crippen LogP contribution in [0, 0.1) is 10.1 Å². The van der Waals surface area contributed by atoms with Gasteiger partial charge in [-0.15, -0.1) is 0 Å². The molecule has 0 atom stereocenters. The van der Waals surface area contributed by atoms with Gasteiger partial charge in [0.1, 0.15) is 0 Å². The molecule has 1 aliphatic heterocycles. The van der Waals surface area contributed by atoms with Gasteiger partial charge in [0.25, 0.3) is 11.6 Å². The molecule has 3 aromatic rings. The Labute approximate surface area is 170 Å². The number of carbonyl (C=O) groups is 1. The van der Waals surface area contributed by atoms with E-state index in [2.05, 4.69) is 4.98 Å². The molecule has 2 heterocycles. The van der Waals surface area contributed by atoms with E-state index in [-0.39, 0.29) is 18.4 Å². The first-order valence-corrected chi connectivity index (χ1v) is 9.79. The molecule has 0 bridgehead atoms. The molecule has 0 saturated heterocycles. The van der Waals surface area contributed by atoms with E-state index in [1.165, 1.54) is 40.5 Å². The summed E-state index contributed by atoms with van der Waals surface area (Å²) in [5.41, 5.74) is 1.05. The van der Waals surface area contributed by atoms with Gasteiger partial charge in [-0.2, -0.15) is 0 Å². The number of nitrogens with one attached hydrogen (secondary N) is 1. The maximum atomic E-state index is 13.2. The average molecular weight is 415 g/mol. The number of non-ortho nitro benzene ring substituents is 1. The number of amides is 1. The van der Waals surface area contributed by atoms with Gasteiger partial charge in [-0.1, -0.05) is 11.3 Å². The molecule has 0 unspecified atom stereocenters. The molecule has 4 rings (SSSR count). The lowest BCUT2D eigenvalue weighted by molar-refractivity contribution is -0.856. The number of carbonyl (C=O) groups excluding carboxylic acids is 1. The van der Waals surface area contributed by atoms with Gasteiger partial charge in [0.05, 0.1) is 42.3 Å². The predicted octanol–water partition coefficient (Wildman–Crippen LogP) is 1.72. The molecule has 0 spiro atoms. The molecule has 0 radical (unpaired) electrons. The van der Waals surface area contributed by atoms with Crippen LogP contribution < -0.4 is 19.3 Å². The van der Waals surface area contributed by atoms with Gasteiger partial charge in [-0.3, -0.25) is 19.8 Å². The minimum atomic E-state index is -0.488. The Morgan fingerprint density at radius 2 is 1.93 bits per heavy atom. The molecule has 150 valence electrons. The molecule has 29 heavy (non-hydrogen) atoms. The summed E-state index contributed by atoms with van der Waals surface area (Å²) >= 11 is 1.40. The van der Waals surface area contributed by atoms with Gasteiger partial charge < -0.3 is 14.4 Å². The molecule has 0 saturated carbocycles. The second-order valence-corrected chi connectivity index (χ2v) is 7.90. The maximum absolute atomic E-state index is 13.2. The van der Waals surface area contributed by atoms with Crippen LogP contribution in [-0.2, 0) is 0 Å². The highest BCUT2D eigenvalue weighted by Crippen LogP contribution is 2.40. The summed E-state index contributed by atoms with van der Waals surface area (Å²) in [4.78, 5) is 31.0. The summed E-state index contributed by atoms with van der Waals surface area (Å²) in [5, 5.41) is 11.4. The fourth-order valence-electron chi connectivity index (χ4n) is 2.92. The third-order valence-electron chi connectivity index (χ3n) is 4.51. The average Bonchev–Trinajstić information content (AvgIpc) is 3.31. The van der Waals surface area contributed by atoms with E-state index < -0.39 is 4.92 Å². The zero-order chi connectivity index (χ0) is 20.5. The molecule has 2 aromatic carbocycles. The van der Waals surface area contributed by atoms with Gasteiger partial charge in [-0.05, 0) is 12.1 Å². The van der Waals surface area contributed by atoms with Crippen molar-refractivity contribution in [2.24, 2.45) is 0 Å². The number of quaternary nitrogens is 1. The highest BCUT2D eigenvalue weighted by Gasteiger charge is 2.24. The highest BCUT2D eigenvalue weighted by molar-refractivity contribution is 7.22. The van der Waals surface area contributed by atoms with Crippen LogP contribution in [0.2, 0.25) is 0 Å². The van der Waals surface area contributed by atoms with Gasteiger partial charge in [0.2, 0.25) is 6.79 Å². The number of nitro benzene ring substituents is 1. The number of benzene rings is 2. The van der Waals surface area contributed by atoms with E-state index in [0.29, 0.717) is 28.7 Å². The monoisotopic (exact) mass is 415 g/mol. The molecular weight excluding hydrogens is 396 g/mol. The SMILES string of the molecule is C[NH+](C)CCN(C(=O)c1ccc([N+](=O)[O-])cc1)c1nc2cc3c(cc2s1)OCO3. The fourth-order valence-corrected chi connectivity index (χ4v) is 3.92. The first-order chi connectivity index (χ1) is 13.9. The fraction of sp³-hybridized carbons (Fsp3) is 0.263. The van der Waals surface area contributed by atoms with Crippen molar-refractivity contribution >= 4 is 38.3 Å². The van der Waals surface area contributed by atoms with Crippen LogP contribution in [-0.4, -0.2) is 49.8 Å². The number of hydrogen-bond acceptors (Lipinski definition) is 7. The molecule has 0 fully saturated rings.